The maximum absolute atomic E-state index is 13.3. The van der Waals surface area contributed by atoms with Crippen LogP contribution in [0.3, 0.4) is 0 Å². The molecule has 0 aliphatic heterocycles. The number of benzene rings is 2. The number of hydrogen-bond acceptors (Lipinski definition) is 10. The molecule has 282 valence electrons. The fraction of sp³-hybridized carbons (Fsp3) is 0.444. The molecule has 2 aromatic heterocycles. The van der Waals surface area contributed by atoms with Crippen LogP contribution in [-0.2, 0) is 20.0 Å². The van der Waals surface area contributed by atoms with Crippen LogP contribution in [0.25, 0.3) is 11.4 Å². The predicted octanol–water partition coefficient (Wildman–Crippen LogP) is 7.38. The van der Waals surface area contributed by atoms with Crippen LogP contribution in [-0.4, -0.2) is 73.4 Å². The number of nitrogens with one attached hydrogen (secondary N) is 2. The van der Waals surface area contributed by atoms with Gasteiger partial charge in [0.2, 0.25) is 20.0 Å². The number of thiazole rings is 2. The standard InChI is InChI=1S/C36H48N6O6S4/c1-23(2)17-41(18-24(3)4)51(45,46)29-13-9-27(10-14-29)33(43)39-35-37-31(21-49-35)32-22-50-36(38-32)40-34(44)28-11-15-30(16-12-28)52(47,48)42(19-25(5)6)20-26(7)8/h9-16,21-26H,17-20H2,1-8H3,(H,37,39,43)(H,38,40,44). The van der Waals surface area contributed by atoms with Crippen molar-refractivity contribution in [2.24, 2.45) is 23.7 Å². The Morgan fingerprint density at radius 1 is 0.558 bits per heavy atom. The van der Waals surface area contributed by atoms with E-state index in [4.69, 9.17) is 0 Å². The molecule has 0 spiro atoms. The first-order valence-corrected chi connectivity index (χ1v) is 21.7. The first-order chi connectivity index (χ1) is 24.4. The van der Waals surface area contributed by atoms with E-state index in [2.05, 4.69) is 20.6 Å². The highest BCUT2D eigenvalue weighted by Gasteiger charge is 2.27. The van der Waals surface area contributed by atoms with Gasteiger partial charge < -0.3 is 0 Å². The Morgan fingerprint density at radius 2 is 0.846 bits per heavy atom. The zero-order valence-electron chi connectivity index (χ0n) is 30.8. The summed E-state index contributed by atoms with van der Waals surface area (Å²) in [6, 6.07) is 11.7. The molecule has 2 N–H and O–H groups in total. The van der Waals surface area contributed by atoms with Crippen molar-refractivity contribution in [3.05, 3.63) is 70.4 Å². The molecule has 0 saturated carbocycles. The molecule has 2 aromatic carbocycles. The van der Waals surface area contributed by atoms with E-state index in [0.29, 0.717) is 47.8 Å². The van der Waals surface area contributed by atoms with Gasteiger partial charge in [-0.15, -0.1) is 22.7 Å². The van der Waals surface area contributed by atoms with Crippen LogP contribution in [0.2, 0.25) is 0 Å². The van der Waals surface area contributed by atoms with Crippen LogP contribution in [0.5, 0.6) is 0 Å². The van der Waals surface area contributed by atoms with Crippen molar-refractivity contribution < 1.29 is 26.4 Å². The number of carbonyl (C=O) groups is 2. The topological polar surface area (TPSA) is 159 Å². The molecular weight excluding hydrogens is 741 g/mol. The fourth-order valence-electron chi connectivity index (χ4n) is 5.26. The van der Waals surface area contributed by atoms with E-state index in [0.717, 1.165) is 0 Å². The van der Waals surface area contributed by atoms with Gasteiger partial charge in [0.05, 0.1) is 9.79 Å². The molecule has 4 aromatic rings. The van der Waals surface area contributed by atoms with Crippen molar-refractivity contribution in [1.29, 1.82) is 0 Å². The number of carbonyl (C=O) groups excluding carboxylic acids is 2. The Labute approximate surface area is 315 Å². The zero-order chi connectivity index (χ0) is 38.4. The fourth-order valence-corrected chi connectivity index (χ4v) is 10.2. The second-order valence-electron chi connectivity index (χ2n) is 14.3. The molecule has 4 rings (SSSR count). The van der Waals surface area contributed by atoms with Gasteiger partial charge in [0.1, 0.15) is 11.4 Å². The minimum Gasteiger partial charge on any atom is -0.298 e. The molecule has 0 aliphatic rings. The van der Waals surface area contributed by atoms with Crippen molar-refractivity contribution in [3.8, 4) is 11.4 Å². The maximum Gasteiger partial charge on any atom is 0.257 e. The van der Waals surface area contributed by atoms with Gasteiger partial charge >= 0.3 is 0 Å². The summed E-state index contributed by atoms with van der Waals surface area (Å²) in [7, 11) is -7.45. The molecular formula is C36H48N6O6S4. The van der Waals surface area contributed by atoms with E-state index < -0.39 is 31.9 Å². The predicted molar refractivity (Wildman–Crippen MR) is 209 cm³/mol. The number of rotatable bonds is 17. The summed E-state index contributed by atoms with van der Waals surface area (Å²) in [4.78, 5) is 35.2. The van der Waals surface area contributed by atoms with Crippen LogP contribution in [0.1, 0.15) is 76.1 Å². The summed E-state index contributed by atoms with van der Waals surface area (Å²) < 4.78 is 56.3. The SMILES string of the molecule is CC(C)CN(CC(C)C)S(=O)(=O)c1ccc(C(=O)Nc2nc(-c3csc(NC(=O)c4ccc(S(=O)(=O)N(CC(C)C)CC(C)C)cc4)n3)cs2)cc1. The number of nitrogens with zero attached hydrogens (tertiary/aromatic N) is 4. The average Bonchev–Trinajstić information content (AvgIpc) is 3.73. The van der Waals surface area contributed by atoms with Gasteiger partial charge in [-0.2, -0.15) is 8.61 Å². The molecule has 0 bridgehead atoms. The van der Waals surface area contributed by atoms with Crippen LogP contribution >= 0.6 is 22.7 Å². The highest BCUT2D eigenvalue weighted by molar-refractivity contribution is 7.89. The quantitative estimate of drug-likeness (QED) is 0.112. The largest absolute Gasteiger partial charge is 0.298 e. The average molecular weight is 789 g/mol. The molecule has 12 nitrogen and oxygen atoms in total. The number of hydrogen-bond donors (Lipinski definition) is 2. The smallest absolute Gasteiger partial charge is 0.257 e. The van der Waals surface area contributed by atoms with Crippen LogP contribution < -0.4 is 10.6 Å². The summed E-state index contributed by atoms with van der Waals surface area (Å²) in [6.07, 6.45) is 0. The molecule has 52 heavy (non-hydrogen) atoms. The van der Waals surface area contributed by atoms with E-state index in [-0.39, 0.29) is 44.6 Å². The van der Waals surface area contributed by atoms with Gasteiger partial charge in [-0.05, 0) is 72.2 Å². The molecule has 0 saturated heterocycles. The first kappa shape index (κ1) is 41.2. The zero-order valence-corrected chi connectivity index (χ0v) is 34.0. The van der Waals surface area contributed by atoms with Crippen LogP contribution in [0.4, 0.5) is 10.3 Å². The van der Waals surface area contributed by atoms with Crippen molar-refractivity contribution >= 4 is 64.8 Å². The molecule has 2 amide bonds. The summed E-state index contributed by atoms with van der Waals surface area (Å²) in [5.41, 5.74) is 1.55. The molecule has 2 heterocycles. The van der Waals surface area contributed by atoms with E-state index in [1.165, 1.54) is 79.8 Å². The van der Waals surface area contributed by atoms with Crippen molar-refractivity contribution in [3.63, 3.8) is 0 Å². The van der Waals surface area contributed by atoms with E-state index in [1.54, 1.807) is 10.8 Å². The maximum atomic E-state index is 13.3. The third-order valence-corrected chi connectivity index (χ3v) is 12.7. The highest BCUT2D eigenvalue weighted by atomic mass is 32.2. The molecule has 0 atom stereocenters. The Kier molecular flexibility index (Phi) is 13.9. The molecule has 0 aliphatic carbocycles. The normalized spacial score (nSPS) is 12.5. The minimum absolute atomic E-state index is 0.129. The monoisotopic (exact) mass is 788 g/mol. The van der Waals surface area contributed by atoms with Crippen molar-refractivity contribution in [2.45, 2.75) is 65.2 Å². The Morgan fingerprint density at radius 3 is 1.12 bits per heavy atom. The van der Waals surface area contributed by atoms with Gasteiger partial charge in [0, 0.05) is 48.1 Å². The minimum atomic E-state index is -3.72. The highest BCUT2D eigenvalue weighted by Crippen LogP contribution is 2.29. The lowest BCUT2D eigenvalue weighted by Gasteiger charge is -2.25. The lowest BCUT2D eigenvalue weighted by Crippen LogP contribution is -2.37. The summed E-state index contributed by atoms with van der Waals surface area (Å²) in [5.74, 6) is -0.233. The van der Waals surface area contributed by atoms with E-state index >= 15 is 0 Å². The molecule has 16 heteroatoms. The van der Waals surface area contributed by atoms with Crippen molar-refractivity contribution in [2.75, 3.05) is 36.8 Å². The van der Waals surface area contributed by atoms with Gasteiger partial charge in [0.15, 0.2) is 10.3 Å². The molecule has 0 unspecified atom stereocenters. The van der Waals surface area contributed by atoms with Gasteiger partial charge in [-0.25, -0.2) is 26.8 Å². The first-order valence-electron chi connectivity index (χ1n) is 17.1. The summed E-state index contributed by atoms with van der Waals surface area (Å²) in [5, 5.41) is 9.61. The third kappa shape index (κ3) is 10.8. The van der Waals surface area contributed by atoms with E-state index in [1.807, 2.05) is 55.4 Å². The van der Waals surface area contributed by atoms with E-state index in [9.17, 15) is 26.4 Å². The van der Waals surface area contributed by atoms with Gasteiger partial charge in [-0.1, -0.05) is 55.4 Å². The number of sulfonamides is 2. The Hall–Kier alpha value is -3.54. The second-order valence-corrected chi connectivity index (χ2v) is 19.8. The number of amides is 2. The summed E-state index contributed by atoms with van der Waals surface area (Å²) in [6.45, 7) is 17.4. The van der Waals surface area contributed by atoms with Crippen LogP contribution in [0.15, 0.2) is 69.1 Å². The third-order valence-electron chi connectivity index (χ3n) is 7.50. The van der Waals surface area contributed by atoms with Gasteiger partial charge in [0.25, 0.3) is 11.8 Å². The molecule has 0 fully saturated rings. The molecule has 0 radical (unpaired) electrons. The Bertz CT molecular complexity index is 1870. The lowest BCUT2D eigenvalue weighted by atomic mass is 10.2. The second kappa shape index (κ2) is 17.5. The van der Waals surface area contributed by atoms with Crippen LogP contribution in [0, 0.1) is 23.7 Å². The number of aromatic nitrogens is 2. The number of anilines is 2. The van der Waals surface area contributed by atoms with Gasteiger partial charge in [-0.3, -0.25) is 20.2 Å². The van der Waals surface area contributed by atoms with Crippen molar-refractivity contribution in [1.82, 2.24) is 18.6 Å². The summed E-state index contributed by atoms with van der Waals surface area (Å²) >= 11 is 2.40. The Balaban J connectivity index is 1.38. The lowest BCUT2D eigenvalue weighted by molar-refractivity contribution is 0.101.